The number of hydrogen-bond acceptors (Lipinski definition) is 4. The predicted octanol–water partition coefficient (Wildman–Crippen LogP) is 4.56. The number of guanidine groups is 1. The Labute approximate surface area is 209 Å². The Bertz CT molecular complexity index is 836. The summed E-state index contributed by atoms with van der Waals surface area (Å²) < 4.78 is 5.77. The Morgan fingerprint density at radius 2 is 1.78 bits per heavy atom. The summed E-state index contributed by atoms with van der Waals surface area (Å²) >= 11 is 0. The second kappa shape index (κ2) is 12.9. The van der Waals surface area contributed by atoms with Crippen LogP contribution in [-0.2, 0) is 6.54 Å². The van der Waals surface area contributed by atoms with E-state index in [0.717, 1.165) is 51.0 Å². The number of nitrogens with one attached hydrogen (secondary N) is 2. The SMILES string of the molecule is CCNC(=NCc1ccc(N2CC=CC2)cc1)NCC(c1ccco1)N1CCCCC1.I. The maximum atomic E-state index is 5.77. The molecule has 1 fully saturated rings. The fourth-order valence-electron chi connectivity index (χ4n) is 4.33. The molecule has 1 atom stereocenters. The van der Waals surface area contributed by atoms with Crippen molar-refractivity contribution >= 4 is 35.6 Å². The van der Waals surface area contributed by atoms with Crippen LogP contribution in [-0.4, -0.2) is 50.1 Å². The molecule has 2 N–H and O–H groups in total. The van der Waals surface area contributed by atoms with Gasteiger partial charge < -0.3 is 20.0 Å². The van der Waals surface area contributed by atoms with Gasteiger partial charge in [0.05, 0.1) is 18.8 Å². The molecule has 0 amide bonds. The van der Waals surface area contributed by atoms with E-state index in [-0.39, 0.29) is 30.0 Å². The maximum absolute atomic E-state index is 5.77. The maximum Gasteiger partial charge on any atom is 0.191 e. The van der Waals surface area contributed by atoms with E-state index in [0.29, 0.717) is 6.54 Å². The molecule has 0 aliphatic carbocycles. The van der Waals surface area contributed by atoms with Crippen LogP contribution in [0, 0.1) is 0 Å². The lowest BCUT2D eigenvalue weighted by molar-refractivity contribution is 0.146. The van der Waals surface area contributed by atoms with Crippen LogP contribution in [0.3, 0.4) is 0 Å². The van der Waals surface area contributed by atoms with Crippen LogP contribution in [0.1, 0.15) is 43.6 Å². The molecule has 2 aliphatic rings. The standard InChI is InChI=1S/C25H35N5O.HI/c1-2-26-25(27-19-21-10-12-22(13-11-21)29-14-6-7-15-29)28-20-23(24-9-8-18-31-24)30-16-4-3-5-17-30;/h6-13,18,23H,2-5,14-17,19-20H2,1H3,(H2,26,27,28);1H. The molecule has 174 valence electrons. The molecular weight excluding hydrogens is 513 g/mol. The van der Waals surface area contributed by atoms with E-state index in [2.05, 4.69) is 69.8 Å². The van der Waals surface area contributed by atoms with E-state index >= 15 is 0 Å². The summed E-state index contributed by atoms with van der Waals surface area (Å²) in [5, 5.41) is 6.94. The summed E-state index contributed by atoms with van der Waals surface area (Å²) in [7, 11) is 0. The quantitative estimate of drug-likeness (QED) is 0.219. The van der Waals surface area contributed by atoms with Crippen molar-refractivity contribution in [2.75, 3.05) is 44.2 Å². The molecule has 0 saturated carbocycles. The number of likely N-dealkylation sites (tertiary alicyclic amines) is 1. The zero-order valence-electron chi connectivity index (χ0n) is 19.0. The summed E-state index contributed by atoms with van der Waals surface area (Å²) in [6, 6.07) is 13.0. The van der Waals surface area contributed by atoms with Gasteiger partial charge in [0.1, 0.15) is 5.76 Å². The fraction of sp³-hybridized carbons (Fsp3) is 0.480. The lowest BCUT2D eigenvalue weighted by Gasteiger charge is -2.33. The Balaban J connectivity index is 0.00000289. The molecule has 1 unspecified atom stereocenters. The predicted molar refractivity (Wildman–Crippen MR) is 143 cm³/mol. The van der Waals surface area contributed by atoms with Gasteiger partial charge in [-0.05, 0) is 62.7 Å². The zero-order chi connectivity index (χ0) is 21.3. The third kappa shape index (κ3) is 6.75. The van der Waals surface area contributed by atoms with Gasteiger partial charge in [0.25, 0.3) is 0 Å². The first-order valence-electron chi connectivity index (χ1n) is 11.6. The molecule has 3 heterocycles. The molecule has 2 aliphatic heterocycles. The number of piperidine rings is 1. The molecular formula is C25H36IN5O. The van der Waals surface area contributed by atoms with Gasteiger partial charge in [0.2, 0.25) is 0 Å². The third-order valence-corrected chi connectivity index (χ3v) is 6.05. The molecule has 0 bridgehead atoms. The minimum atomic E-state index is 0. The summed E-state index contributed by atoms with van der Waals surface area (Å²) in [5.41, 5.74) is 2.48. The molecule has 6 nitrogen and oxygen atoms in total. The Morgan fingerprint density at radius 3 is 2.44 bits per heavy atom. The highest BCUT2D eigenvalue weighted by Gasteiger charge is 2.24. The molecule has 1 aromatic heterocycles. The number of aliphatic imine (C=N–C) groups is 1. The van der Waals surface area contributed by atoms with E-state index in [1.807, 2.05) is 6.07 Å². The number of benzene rings is 1. The van der Waals surface area contributed by atoms with Crippen molar-refractivity contribution in [3.8, 4) is 0 Å². The summed E-state index contributed by atoms with van der Waals surface area (Å²) in [6.45, 7) is 8.62. The van der Waals surface area contributed by atoms with Crippen LogP contribution in [0.2, 0.25) is 0 Å². The van der Waals surface area contributed by atoms with Crippen molar-refractivity contribution in [3.63, 3.8) is 0 Å². The lowest BCUT2D eigenvalue weighted by Crippen LogP contribution is -2.44. The first-order chi connectivity index (χ1) is 15.3. The van der Waals surface area contributed by atoms with Gasteiger partial charge in [-0.25, -0.2) is 4.99 Å². The van der Waals surface area contributed by atoms with E-state index < -0.39 is 0 Å². The van der Waals surface area contributed by atoms with E-state index in [9.17, 15) is 0 Å². The van der Waals surface area contributed by atoms with Crippen LogP contribution >= 0.6 is 24.0 Å². The van der Waals surface area contributed by atoms with Gasteiger partial charge in [0.15, 0.2) is 5.96 Å². The highest BCUT2D eigenvalue weighted by Crippen LogP contribution is 2.24. The molecule has 0 spiro atoms. The van der Waals surface area contributed by atoms with Crippen molar-refractivity contribution in [2.45, 2.75) is 38.8 Å². The monoisotopic (exact) mass is 549 g/mol. The van der Waals surface area contributed by atoms with Crippen LogP contribution in [0.4, 0.5) is 5.69 Å². The van der Waals surface area contributed by atoms with E-state index in [4.69, 9.17) is 9.41 Å². The second-order valence-electron chi connectivity index (χ2n) is 8.25. The largest absolute Gasteiger partial charge is 0.468 e. The smallest absolute Gasteiger partial charge is 0.191 e. The number of furan rings is 1. The van der Waals surface area contributed by atoms with Gasteiger partial charge in [-0.3, -0.25) is 4.90 Å². The molecule has 0 radical (unpaired) electrons. The van der Waals surface area contributed by atoms with Gasteiger partial charge >= 0.3 is 0 Å². The normalized spacial score (nSPS) is 17.8. The molecule has 1 aromatic carbocycles. The highest BCUT2D eigenvalue weighted by molar-refractivity contribution is 14.0. The summed E-state index contributed by atoms with van der Waals surface area (Å²) in [4.78, 5) is 9.72. The fourth-order valence-corrected chi connectivity index (χ4v) is 4.33. The summed E-state index contributed by atoms with van der Waals surface area (Å²) in [6.07, 6.45) is 10.0. The number of halogens is 1. The third-order valence-electron chi connectivity index (χ3n) is 6.05. The number of rotatable bonds is 8. The molecule has 7 heteroatoms. The molecule has 1 saturated heterocycles. The van der Waals surface area contributed by atoms with E-state index in [1.165, 1.54) is 30.5 Å². The topological polar surface area (TPSA) is 56.0 Å². The minimum absolute atomic E-state index is 0. The van der Waals surface area contributed by atoms with Gasteiger partial charge in [0, 0.05) is 31.9 Å². The van der Waals surface area contributed by atoms with Gasteiger partial charge in [-0.1, -0.05) is 30.7 Å². The Morgan fingerprint density at radius 1 is 1.03 bits per heavy atom. The van der Waals surface area contributed by atoms with Crippen LogP contribution < -0.4 is 15.5 Å². The van der Waals surface area contributed by atoms with Gasteiger partial charge in [-0.2, -0.15) is 0 Å². The van der Waals surface area contributed by atoms with Crippen molar-refractivity contribution in [1.29, 1.82) is 0 Å². The summed E-state index contributed by atoms with van der Waals surface area (Å²) in [5.74, 6) is 1.88. The van der Waals surface area contributed by atoms with Crippen molar-refractivity contribution in [1.82, 2.24) is 15.5 Å². The lowest BCUT2D eigenvalue weighted by atomic mass is 10.1. The molecule has 32 heavy (non-hydrogen) atoms. The highest BCUT2D eigenvalue weighted by atomic mass is 127. The van der Waals surface area contributed by atoms with Crippen LogP contribution in [0.5, 0.6) is 0 Å². The Hall–Kier alpha value is -2.00. The first kappa shape index (κ1) is 24.6. The number of anilines is 1. The average molecular weight is 550 g/mol. The number of hydrogen-bond donors (Lipinski definition) is 2. The van der Waals surface area contributed by atoms with Crippen LogP contribution in [0.25, 0.3) is 0 Å². The van der Waals surface area contributed by atoms with Crippen LogP contribution in [0.15, 0.2) is 64.2 Å². The Kier molecular flexibility index (Phi) is 9.92. The van der Waals surface area contributed by atoms with Crippen molar-refractivity contribution < 1.29 is 4.42 Å². The van der Waals surface area contributed by atoms with Crippen molar-refractivity contribution in [2.24, 2.45) is 4.99 Å². The zero-order valence-corrected chi connectivity index (χ0v) is 21.3. The first-order valence-corrected chi connectivity index (χ1v) is 11.6. The van der Waals surface area contributed by atoms with E-state index in [1.54, 1.807) is 6.26 Å². The average Bonchev–Trinajstić information content (AvgIpc) is 3.53. The second-order valence-corrected chi connectivity index (χ2v) is 8.25. The van der Waals surface area contributed by atoms with Gasteiger partial charge in [-0.15, -0.1) is 24.0 Å². The molecule has 4 rings (SSSR count). The molecule has 2 aromatic rings. The minimum Gasteiger partial charge on any atom is -0.468 e. The number of nitrogens with zero attached hydrogens (tertiary/aromatic N) is 3. The van der Waals surface area contributed by atoms with Crippen molar-refractivity contribution in [3.05, 3.63) is 66.1 Å².